The molecule has 10 heteroatoms. The van der Waals surface area contributed by atoms with Crippen LogP contribution in [0.25, 0.3) is 0 Å². The maximum absolute atomic E-state index is 13.3. The van der Waals surface area contributed by atoms with E-state index in [0.29, 0.717) is 73.8 Å². The standard InChI is InChI=1S/C25H34N2O6S2/c1-18-13-21(32-3)14-19(2)24(18)35(30,31)27-9-6-20(15-27)16-33-17-23(28)26-10-7-25(29,8-11-26)22-5-4-12-34-22/h4-5,12-14,20,29H,6-11,15-17H2,1-3H3. The van der Waals surface area contributed by atoms with Crippen molar-refractivity contribution < 1.29 is 27.8 Å². The first-order chi connectivity index (χ1) is 16.6. The van der Waals surface area contributed by atoms with E-state index >= 15 is 0 Å². The zero-order valence-electron chi connectivity index (χ0n) is 20.5. The number of ether oxygens (including phenoxy) is 2. The number of amides is 1. The maximum Gasteiger partial charge on any atom is 0.248 e. The number of nitrogens with zero attached hydrogens (tertiary/aromatic N) is 2. The van der Waals surface area contributed by atoms with Crippen LogP contribution in [0.3, 0.4) is 0 Å². The molecule has 1 unspecified atom stereocenters. The summed E-state index contributed by atoms with van der Waals surface area (Å²) in [4.78, 5) is 15.6. The molecule has 0 bridgehead atoms. The number of carbonyl (C=O) groups excluding carboxylic acids is 1. The normalized spacial score (nSPS) is 20.8. The van der Waals surface area contributed by atoms with Crippen LogP contribution in [0.4, 0.5) is 0 Å². The van der Waals surface area contributed by atoms with Gasteiger partial charge < -0.3 is 19.5 Å². The first kappa shape index (κ1) is 26.1. The van der Waals surface area contributed by atoms with Crippen molar-refractivity contribution in [1.82, 2.24) is 9.21 Å². The van der Waals surface area contributed by atoms with Gasteiger partial charge >= 0.3 is 0 Å². The van der Waals surface area contributed by atoms with Crippen molar-refractivity contribution in [3.63, 3.8) is 0 Å². The van der Waals surface area contributed by atoms with Crippen LogP contribution in [0.1, 0.15) is 35.3 Å². The number of hydrogen-bond acceptors (Lipinski definition) is 7. The van der Waals surface area contributed by atoms with Gasteiger partial charge in [0.25, 0.3) is 0 Å². The zero-order valence-corrected chi connectivity index (χ0v) is 22.2. The topological polar surface area (TPSA) is 96.4 Å². The predicted octanol–water partition coefficient (Wildman–Crippen LogP) is 2.91. The summed E-state index contributed by atoms with van der Waals surface area (Å²) in [6.07, 6.45) is 1.72. The van der Waals surface area contributed by atoms with Gasteiger partial charge in [0.15, 0.2) is 0 Å². The molecule has 1 atom stereocenters. The number of rotatable bonds is 8. The first-order valence-electron chi connectivity index (χ1n) is 11.9. The van der Waals surface area contributed by atoms with Crippen LogP contribution in [0.2, 0.25) is 0 Å². The minimum Gasteiger partial charge on any atom is -0.497 e. The molecule has 3 heterocycles. The van der Waals surface area contributed by atoms with Crippen LogP contribution in [0, 0.1) is 19.8 Å². The third kappa shape index (κ3) is 5.56. The lowest BCUT2D eigenvalue weighted by Crippen LogP contribution is -2.46. The largest absolute Gasteiger partial charge is 0.497 e. The molecule has 2 saturated heterocycles. The van der Waals surface area contributed by atoms with Gasteiger partial charge in [-0.1, -0.05) is 6.07 Å². The lowest BCUT2D eigenvalue weighted by Gasteiger charge is -2.37. The number of aryl methyl sites for hydroxylation is 2. The molecule has 2 aromatic rings. The highest BCUT2D eigenvalue weighted by Gasteiger charge is 2.37. The number of carbonyl (C=O) groups is 1. The summed E-state index contributed by atoms with van der Waals surface area (Å²) >= 11 is 1.54. The second-order valence-electron chi connectivity index (χ2n) is 9.51. The molecule has 1 amide bonds. The Hall–Kier alpha value is -1.98. The van der Waals surface area contributed by atoms with Gasteiger partial charge in [-0.3, -0.25) is 4.79 Å². The third-order valence-corrected chi connectivity index (χ3v) is 10.3. The van der Waals surface area contributed by atoms with Gasteiger partial charge in [0.2, 0.25) is 15.9 Å². The van der Waals surface area contributed by atoms with Gasteiger partial charge in [-0.25, -0.2) is 8.42 Å². The summed E-state index contributed by atoms with van der Waals surface area (Å²) in [5.41, 5.74) is 0.477. The van der Waals surface area contributed by atoms with Crippen molar-refractivity contribution in [3.05, 3.63) is 45.6 Å². The summed E-state index contributed by atoms with van der Waals surface area (Å²) in [5.74, 6) is 0.591. The van der Waals surface area contributed by atoms with Crippen molar-refractivity contribution in [1.29, 1.82) is 0 Å². The van der Waals surface area contributed by atoms with Crippen molar-refractivity contribution in [2.24, 2.45) is 5.92 Å². The van der Waals surface area contributed by atoms with Crippen LogP contribution < -0.4 is 4.74 Å². The summed E-state index contributed by atoms with van der Waals surface area (Å²) in [5, 5.41) is 12.8. The van der Waals surface area contributed by atoms with Crippen LogP contribution >= 0.6 is 11.3 Å². The second kappa shape index (κ2) is 10.6. The quantitative estimate of drug-likeness (QED) is 0.573. The highest BCUT2D eigenvalue weighted by Crippen LogP contribution is 2.35. The van der Waals surface area contributed by atoms with Gasteiger partial charge in [-0.15, -0.1) is 11.3 Å². The average molecular weight is 523 g/mol. The second-order valence-corrected chi connectivity index (χ2v) is 12.3. The number of benzene rings is 1. The van der Waals surface area contributed by atoms with Crippen molar-refractivity contribution in [3.8, 4) is 5.75 Å². The Morgan fingerprint density at radius 3 is 2.49 bits per heavy atom. The minimum atomic E-state index is -3.62. The molecule has 2 fully saturated rings. The van der Waals surface area contributed by atoms with Crippen LogP contribution in [0.15, 0.2) is 34.5 Å². The smallest absolute Gasteiger partial charge is 0.248 e. The van der Waals surface area contributed by atoms with Gasteiger partial charge in [-0.05, 0) is 73.7 Å². The number of aliphatic hydroxyl groups is 1. The fourth-order valence-corrected chi connectivity index (χ4v) is 7.86. The Labute approximate surface area is 211 Å². The van der Waals surface area contributed by atoms with E-state index < -0.39 is 15.6 Å². The molecule has 0 radical (unpaired) electrons. The third-order valence-electron chi connectivity index (χ3n) is 7.02. The molecular weight excluding hydrogens is 488 g/mol. The van der Waals surface area contributed by atoms with E-state index in [4.69, 9.17) is 9.47 Å². The molecule has 0 spiro atoms. The minimum absolute atomic E-state index is 0.0304. The number of likely N-dealkylation sites (tertiary alicyclic amines) is 1. The van der Waals surface area contributed by atoms with E-state index in [2.05, 4.69) is 0 Å². The Morgan fingerprint density at radius 1 is 1.20 bits per heavy atom. The van der Waals surface area contributed by atoms with Gasteiger partial charge in [0.05, 0.1) is 18.6 Å². The van der Waals surface area contributed by atoms with Crippen LogP contribution in [-0.4, -0.2) is 75.1 Å². The van der Waals surface area contributed by atoms with Crippen molar-refractivity contribution in [2.45, 2.75) is 43.6 Å². The first-order valence-corrected chi connectivity index (χ1v) is 14.2. The number of piperidine rings is 1. The van der Waals surface area contributed by atoms with Crippen molar-refractivity contribution >= 4 is 27.3 Å². The van der Waals surface area contributed by atoms with Gasteiger partial charge in [0, 0.05) is 31.1 Å². The number of thiophene rings is 1. The summed E-state index contributed by atoms with van der Waals surface area (Å²) in [7, 11) is -2.06. The molecule has 8 nitrogen and oxygen atoms in total. The lowest BCUT2D eigenvalue weighted by molar-refractivity contribution is -0.141. The number of sulfonamides is 1. The molecule has 2 aliphatic rings. The van der Waals surface area contributed by atoms with Crippen LogP contribution in [0.5, 0.6) is 5.75 Å². The SMILES string of the molecule is COc1cc(C)c(S(=O)(=O)N2CCC(COCC(=O)N3CCC(O)(c4cccs4)CC3)C2)c(C)c1. The summed E-state index contributed by atoms with van der Waals surface area (Å²) < 4.78 is 39.1. The highest BCUT2D eigenvalue weighted by molar-refractivity contribution is 7.89. The summed E-state index contributed by atoms with van der Waals surface area (Å²) in [6, 6.07) is 7.35. The van der Waals surface area contributed by atoms with E-state index in [1.54, 1.807) is 38.0 Å². The molecule has 4 rings (SSSR count). The predicted molar refractivity (Wildman–Crippen MR) is 134 cm³/mol. The molecule has 2 aliphatic heterocycles. The van der Waals surface area contributed by atoms with Crippen molar-refractivity contribution in [2.75, 3.05) is 46.5 Å². The lowest BCUT2D eigenvalue weighted by atomic mass is 9.90. The fraction of sp³-hybridized carbons (Fsp3) is 0.560. The van der Waals surface area contributed by atoms with Crippen LogP contribution in [-0.2, 0) is 25.2 Å². The summed E-state index contributed by atoms with van der Waals surface area (Å²) in [6.45, 7) is 5.67. The zero-order chi connectivity index (χ0) is 25.2. The van der Waals surface area contributed by atoms with Gasteiger partial charge in [0.1, 0.15) is 18.0 Å². The Kier molecular flexibility index (Phi) is 7.87. The number of methoxy groups -OCH3 is 1. The van der Waals surface area contributed by atoms with E-state index in [0.717, 1.165) is 4.88 Å². The maximum atomic E-state index is 13.3. The molecule has 0 saturated carbocycles. The Bertz CT molecular complexity index is 1120. The molecule has 1 aromatic carbocycles. The fourth-order valence-electron chi connectivity index (χ4n) is 5.04. The molecule has 0 aliphatic carbocycles. The molecule has 1 aromatic heterocycles. The van der Waals surface area contributed by atoms with E-state index in [1.807, 2.05) is 17.5 Å². The van der Waals surface area contributed by atoms with E-state index in [9.17, 15) is 18.3 Å². The number of hydrogen-bond donors (Lipinski definition) is 1. The van der Waals surface area contributed by atoms with E-state index in [-0.39, 0.29) is 18.4 Å². The Morgan fingerprint density at radius 2 is 1.89 bits per heavy atom. The molecule has 192 valence electrons. The highest BCUT2D eigenvalue weighted by atomic mass is 32.2. The molecule has 35 heavy (non-hydrogen) atoms. The Balaban J connectivity index is 1.25. The molecular formula is C25H34N2O6S2. The monoisotopic (exact) mass is 522 g/mol. The molecule has 1 N–H and O–H groups in total. The van der Waals surface area contributed by atoms with E-state index in [1.165, 1.54) is 15.6 Å². The van der Waals surface area contributed by atoms with Gasteiger partial charge in [-0.2, -0.15) is 4.31 Å². The average Bonchev–Trinajstić information content (AvgIpc) is 3.52.